The molecule has 7 heteroatoms. The Kier molecular flexibility index (Phi) is 6.48. The molecule has 32 heavy (non-hydrogen) atoms. The second-order valence-corrected chi connectivity index (χ2v) is 9.22. The SMILES string of the molecule is c1ccc(-c2nc(CN(CCn3cccn3)Cc3csc(-c4ccccc4)n3)cs2)cc1. The summed E-state index contributed by atoms with van der Waals surface area (Å²) < 4.78 is 1.97. The molecule has 0 aliphatic carbocycles. The van der Waals surface area contributed by atoms with Crippen LogP contribution in [0.2, 0.25) is 0 Å². The van der Waals surface area contributed by atoms with Crippen LogP contribution in [0, 0.1) is 0 Å². The van der Waals surface area contributed by atoms with Gasteiger partial charge < -0.3 is 0 Å². The van der Waals surface area contributed by atoms with Gasteiger partial charge in [0.15, 0.2) is 0 Å². The molecule has 160 valence electrons. The van der Waals surface area contributed by atoms with E-state index in [9.17, 15) is 0 Å². The van der Waals surface area contributed by atoms with Crippen molar-refractivity contribution in [2.75, 3.05) is 6.54 Å². The third-order valence-electron chi connectivity index (χ3n) is 5.12. The van der Waals surface area contributed by atoms with Crippen molar-refractivity contribution in [1.29, 1.82) is 0 Å². The Morgan fingerprint density at radius 3 is 1.78 bits per heavy atom. The van der Waals surface area contributed by atoms with Gasteiger partial charge in [0.25, 0.3) is 0 Å². The molecule has 0 saturated heterocycles. The van der Waals surface area contributed by atoms with Crippen molar-refractivity contribution in [1.82, 2.24) is 24.6 Å². The van der Waals surface area contributed by atoms with Crippen LogP contribution in [-0.2, 0) is 19.6 Å². The maximum atomic E-state index is 4.90. The molecule has 0 spiro atoms. The van der Waals surface area contributed by atoms with Crippen molar-refractivity contribution < 1.29 is 0 Å². The highest BCUT2D eigenvalue weighted by Gasteiger charge is 2.14. The molecule has 0 atom stereocenters. The average molecular weight is 458 g/mol. The average Bonchev–Trinajstić information content (AvgIpc) is 3.61. The summed E-state index contributed by atoms with van der Waals surface area (Å²) in [5, 5.41) is 10.8. The van der Waals surface area contributed by atoms with Gasteiger partial charge in [-0.3, -0.25) is 9.58 Å². The van der Waals surface area contributed by atoms with Crippen LogP contribution in [0.25, 0.3) is 21.1 Å². The second kappa shape index (κ2) is 9.99. The number of thiazole rings is 2. The summed E-state index contributed by atoms with van der Waals surface area (Å²) in [5.74, 6) is 0. The fourth-order valence-corrected chi connectivity index (χ4v) is 5.17. The first kappa shape index (κ1) is 20.8. The molecule has 0 fully saturated rings. The molecule has 5 nitrogen and oxygen atoms in total. The summed E-state index contributed by atoms with van der Waals surface area (Å²) in [5.41, 5.74) is 4.51. The van der Waals surface area contributed by atoms with Crippen LogP contribution in [0.15, 0.2) is 89.9 Å². The van der Waals surface area contributed by atoms with Gasteiger partial charge in [-0.2, -0.15) is 5.10 Å². The van der Waals surface area contributed by atoms with Crippen molar-refractivity contribution >= 4 is 22.7 Å². The Hall–Kier alpha value is -3.13. The van der Waals surface area contributed by atoms with E-state index in [0.29, 0.717) is 0 Å². The first-order valence-corrected chi connectivity index (χ1v) is 12.3. The Morgan fingerprint density at radius 2 is 1.28 bits per heavy atom. The fourth-order valence-electron chi connectivity index (χ4n) is 3.53. The maximum Gasteiger partial charge on any atom is 0.123 e. The van der Waals surface area contributed by atoms with Gasteiger partial charge in [-0.1, -0.05) is 60.7 Å². The zero-order valence-corrected chi connectivity index (χ0v) is 19.2. The van der Waals surface area contributed by atoms with Gasteiger partial charge in [-0.05, 0) is 6.07 Å². The van der Waals surface area contributed by atoms with Crippen LogP contribution in [0.5, 0.6) is 0 Å². The topological polar surface area (TPSA) is 46.8 Å². The van der Waals surface area contributed by atoms with Crippen LogP contribution in [-0.4, -0.2) is 31.2 Å². The molecule has 5 aromatic rings. The smallest absolute Gasteiger partial charge is 0.123 e. The molecule has 0 aliphatic heterocycles. The Balaban J connectivity index is 1.31. The van der Waals surface area contributed by atoms with Crippen LogP contribution in [0.3, 0.4) is 0 Å². The minimum absolute atomic E-state index is 0.781. The van der Waals surface area contributed by atoms with Crippen LogP contribution in [0.1, 0.15) is 11.4 Å². The van der Waals surface area contributed by atoms with Crippen molar-refractivity contribution in [3.8, 4) is 21.1 Å². The molecule has 0 unspecified atom stereocenters. The monoisotopic (exact) mass is 457 g/mol. The van der Waals surface area contributed by atoms with Crippen molar-refractivity contribution in [3.63, 3.8) is 0 Å². The van der Waals surface area contributed by atoms with Crippen LogP contribution < -0.4 is 0 Å². The molecule has 3 heterocycles. The predicted octanol–water partition coefficient (Wildman–Crippen LogP) is 5.83. The first-order valence-electron chi connectivity index (χ1n) is 10.5. The molecule has 0 bridgehead atoms. The highest BCUT2D eigenvalue weighted by molar-refractivity contribution is 7.13. The lowest BCUT2D eigenvalue weighted by Crippen LogP contribution is -2.27. The molecule has 0 saturated carbocycles. The van der Waals surface area contributed by atoms with Crippen molar-refractivity contribution in [2.45, 2.75) is 19.6 Å². The first-order chi connectivity index (χ1) is 15.8. The quantitative estimate of drug-likeness (QED) is 0.279. The van der Waals surface area contributed by atoms with Gasteiger partial charge in [0.1, 0.15) is 10.0 Å². The van der Waals surface area contributed by atoms with E-state index in [1.54, 1.807) is 22.7 Å². The maximum absolute atomic E-state index is 4.90. The normalized spacial score (nSPS) is 11.3. The minimum atomic E-state index is 0.781. The van der Waals surface area contributed by atoms with E-state index in [2.05, 4.69) is 69.3 Å². The van der Waals surface area contributed by atoms with E-state index < -0.39 is 0 Å². The Labute approximate surface area is 195 Å². The highest BCUT2D eigenvalue weighted by Crippen LogP contribution is 2.26. The summed E-state index contributed by atoms with van der Waals surface area (Å²) in [4.78, 5) is 12.2. The van der Waals surface area contributed by atoms with Gasteiger partial charge >= 0.3 is 0 Å². The van der Waals surface area contributed by atoms with E-state index in [1.165, 1.54) is 11.1 Å². The summed E-state index contributed by atoms with van der Waals surface area (Å²) >= 11 is 3.40. The predicted molar refractivity (Wildman–Crippen MR) is 131 cm³/mol. The number of aromatic nitrogens is 4. The molecular weight excluding hydrogens is 434 g/mol. The largest absolute Gasteiger partial charge is 0.290 e. The lowest BCUT2D eigenvalue weighted by atomic mass is 10.2. The van der Waals surface area contributed by atoms with Gasteiger partial charge in [0, 0.05) is 53.9 Å². The molecule has 2 aromatic carbocycles. The zero-order valence-electron chi connectivity index (χ0n) is 17.5. The Bertz CT molecular complexity index is 1150. The molecule has 3 aromatic heterocycles. The molecule has 0 N–H and O–H groups in total. The van der Waals surface area contributed by atoms with E-state index >= 15 is 0 Å². The summed E-state index contributed by atoms with van der Waals surface area (Å²) in [6.45, 7) is 3.27. The molecule has 0 aliphatic rings. The number of rotatable bonds is 9. The number of hydrogen-bond donors (Lipinski definition) is 0. The summed E-state index contributed by atoms with van der Waals surface area (Å²) in [6, 6.07) is 22.7. The van der Waals surface area contributed by atoms with Crippen molar-refractivity contribution in [2.24, 2.45) is 0 Å². The van der Waals surface area contributed by atoms with Gasteiger partial charge in [-0.25, -0.2) is 9.97 Å². The van der Waals surface area contributed by atoms with E-state index in [-0.39, 0.29) is 0 Å². The fraction of sp³-hybridized carbons (Fsp3) is 0.160. The summed E-state index contributed by atoms with van der Waals surface area (Å²) in [7, 11) is 0. The third-order valence-corrected chi connectivity index (χ3v) is 7.00. The van der Waals surface area contributed by atoms with Crippen molar-refractivity contribution in [3.05, 3.63) is 101 Å². The molecular formula is C25H23N5S2. The zero-order chi connectivity index (χ0) is 21.6. The minimum Gasteiger partial charge on any atom is -0.290 e. The molecule has 0 amide bonds. The molecule has 5 rings (SSSR count). The third kappa shape index (κ3) is 5.19. The van der Waals surface area contributed by atoms with Gasteiger partial charge in [0.2, 0.25) is 0 Å². The van der Waals surface area contributed by atoms with E-state index in [4.69, 9.17) is 9.97 Å². The number of benzene rings is 2. The van der Waals surface area contributed by atoms with Crippen LogP contribution >= 0.6 is 22.7 Å². The molecule has 0 radical (unpaired) electrons. The number of nitrogens with zero attached hydrogens (tertiary/aromatic N) is 5. The Morgan fingerprint density at radius 1 is 0.719 bits per heavy atom. The van der Waals surface area contributed by atoms with Gasteiger partial charge in [0.05, 0.1) is 17.9 Å². The van der Waals surface area contributed by atoms with E-state index in [1.807, 2.05) is 35.3 Å². The lowest BCUT2D eigenvalue weighted by Gasteiger charge is -2.20. The summed E-state index contributed by atoms with van der Waals surface area (Å²) in [6.07, 6.45) is 3.83. The second-order valence-electron chi connectivity index (χ2n) is 7.50. The number of hydrogen-bond acceptors (Lipinski definition) is 6. The van der Waals surface area contributed by atoms with Crippen LogP contribution in [0.4, 0.5) is 0 Å². The van der Waals surface area contributed by atoms with E-state index in [0.717, 1.165) is 47.6 Å². The standard InChI is InChI=1S/C25H23N5S2/c1-3-8-20(9-4-1)24-27-22(18-31-24)16-29(14-15-30-13-7-12-26-30)17-23-19-32-25(28-23)21-10-5-2-6-11-21/h1-13,18-19H,14-17H2. The highest BCUT2D eigenvalue weighted by atomic mass is 32.1. The lowest BCUT2D eigenvalue weighted by molar-refractivity contribution is 0.237. The van der Waals surface area contributed by atoms with Gasteiger partial charge in [-0.15, -0.1) is 22.7 Å².